The lowest BCUT2D eigenvalue weighted by molar-refractivity contribution is 0.120. The molecule has 0 aliphatic carbocycles. The number of hydrogen-bond acceptors (Lipinski definition) is 5. The Kier molecular flexibility index (Phi) is 5.20. The van der Waals surface area contributed by atoms with E-state index in [0.29, 0.717) is 6.04 Å². The van der Waals surface area contributed by atoms with Gasteiger partial charge >= 0.3 is 0 Å². The molecular formula is C15H25N3O2. The van der Waals surface area contributed by atoms with Crippen LogP contribution in [-0.4, -0.2) is 42.7 Å². The molecule has 1 aliphatic rings. The van der Waals surface area contributed by atoms with Crippen LogP contribution in [0.25, 0.3) is 0 Å². The summed E-state index contributed by atoms with van der Waals surface area (Å²) < 4.78 is 10.8. The van der Waals surface area contributed by atoms with E-state index in [1.165, 1.54) is 12.8 Å². The fourth-order valence-electron chi connectivity index (χ4n) is 2.96. The Bertz CT molecular complexity index is 437. The van der Waals surface area contributed by atoms with Gasteiger partial charge in [-0.2, -0.15) is 0 Å². The maximum atomic E-state index is 6.12. The van der Waals surface area contributed by atoms with Crippen LogP contribution in [0.3, 0.4) is 0 Å². The molecule has 0 radical (unpaired) electrons. The van der Waals surface area contributed by atoms with Gasteiger partial charge in [-0.05, 0) is 26.3 Å². The quantitative estimate of drug-likeness (QED) is 0.890. The first-order valence-corrected chi connectivity index (χ1v) is 7.23. The van der Waals surface area contributed by atoms with E-state index in [-0.39, 0.29) is 6.04 Å². The summed E-state index contributed by atoms with van der Waals surface area (Å²) in [6.07, 6.45) is 5.40. The number of methoxy groups -OCH3 is 2. The van der Waals surface area contributed by atoms with E-state index in [1.54, 1.807) is 20.4 Å². The van der Waals surface area contributed by atoms with Crippen LogP contribution in [0.2, 0.25) is 0 Å². The Balaban J connectivity index is 2.19. The lowest BCUT2D eigenvalue weighted by atomic mass is 9.96. The third-order valence-corrected chi connectivity index (χ3v) is 3.99. The van der Waals surface area contributed by atoms with Crippen LogP contribution in [0.4, 0.5) is 0 Å². The molecule has 20 heavy (non-hydrogen) atoms. The molecule has 0 aromatic carbocycles. The monoisotopic (exact) mass is 279 g/mol. The number of ether oxygens (including phenoxy) is 2. The third-order valence-electron chi connectivity index (χ3n) is 3.99. The average Bonchev–Trinajstić information content (AvgIpc) is 2.47. The van der Waals surface area contributed by atoms with Crippen molar-refractivity contribution in [3.8, 4) is 11.5 Å². The zero-order valence-corrected chi connectivity index (χ0v) is 12.6. The van der Waals surface area contributed by atoms with Gasteiger partial charge < -0.3 is 15.2 Å². The van der Waals surface area contributed by atoms with E-state index in [0.717, 1.165) is 36.7 Å². The summed E-state index contributed by atoms with van der Waals surface area (Å²) in [6.45, 7) is 3.90. The van der Waals surface area contributed by atoms with E-state index in [1.807, 2.05) is 6.07 Å². The minimum atomic E-state index is 0.173. The van der Waals surface area contributed by atoms with Gasteiger partial charge in [-0.15, -0.1) is 0 Å². The molecule has 1 aromatic rings. The Hall–Kier alpha value is -1.33. The molecule has 2 heterocycles. The first-order valence-electron chi connectivity index (χ1n) is 7.23. The molecule has 0 amide bonds. The minimum Gasteiger partial charge on any atom is -0.493 e. The Labute approximate surface area is 121 Å². The molecule has 2 rings (SSSR count). The molecule has 1 aromatic heterocycles. The average molecular weight is 279 g/mol. The van der Waals surface area contributed by atoms with Crippen molar-refractivity contribution >= 4 is 0 Å². The normalized spacial score (nSPS) is 21.5. The van der Waals surface area contributed by atoms with Gasteiger partial charge in [-0.25, -0.2) is 0 Å². The van der Waals surface area contributed by atoms with Crippen molar-refractivity contribution in [2.45, 2.75) is 44.8 Å². The zero-order valence-electron chi connectivity index (χ0n) is 12.6. The summed E-state index contributed by atoms with van der Waals surface area (Å²) in [5, 5.41) is 0. The highest BCUT2D eigenvalue weighted by molar-refractivity contribution is 5.42. The van der Waals surface area contributed by atoms with Crippen molar-refractivity contribution in [2.75, 3.05) is 20.8 Å². The largest absolute Gasteiger partial charge is 0.493 e. The highest BCUT2D eigenvalue weighted by atomic mass is 16.5. The maximum Gasteiger partial charge on any atom is 0.183 e. The summed E-state index contributed by atoms with van der Waals surface area (Å²) >= 11 is 0. The highest BCUT2D eigenvalue weighted by Crippen LogP contribution is 2.31. The van der Waals surface area contributed by atoms with E-state index < -0.39 is 0 Å². The van der Waals surface area contributed by atoms with E-state index in [4.69, 9.17) is 15.2 Å². The molecule has 1 saturated heterocycles. The van der Waals surface area contributed by atoms with Gasteiger partial charge in [0.2, 0.25) is 0 Å². The van der Waals surface area contributed by atoms with Gasteiger partial charge in [0.1, 0.15) is 5.69 Å². The highest BCUT2D eigenvalue weighted by Gasteiger charge is 2.27. The van der Waals surface area contributed by atoms with E-state index in [2.05, 4.69) is 16.8 Å². The number of piperidine rings is 1. The van der Waals surface area contributed by atoms with Crippen molar-refractivity contribution in [1.29, 1.82) is 0 Å². The smallest absolute Gasteiger partial charge is 0.183 e. The fourth-order valence-corrected chi connectivity index (χ4v) is 2.96. The number of aromatic nitrogens is 1. The summed E-state index contributed by atoms with van der Waals surface area (Å²) in [5.74, 6) is 1.45. The molecule has 0 spiro atoms. The summed E-state index contributed by atoms with van der Waals surface area (Å²) in [6, 6.07) is 2.41. The van der Waals surface area contributed by atoms with E-state index in [9.17, 15) is 0 Å². The van der Waals surface area contributed by atoms with Gasteiger partial charge in [0.25, 0.3) is 0 Å². The molecular weight excluding hydrogens is 254 g/mol. The van der Waals surface area contributed by atoms with Crippen LogP contribution in [0.15, 0.2) is 12.3 Å². The second-order valence-corrected chi connectivity index (χ2v) is 5.39. The summed E-state index contributed by atoms with van der Waals surface area (Å²) in [5.41, 5.74) is 7.04. The van der Waals surface area contributed by atoms with Gasteiger partial charge in [0, 0.05) is 30.9 Å². The lowest BCUT2D eigenvalue weighted by Gasteiger charge is -2.38. The van der Waals surface area contributed by atoms with Crippen molar-refractivity contribution in [3.05, 3.63) is 18.0 Å². The number of nitrogens with zero attached hydrogens (tertiary/aromatic N) is 2. The molecule has 1 fully saturated rings. The number of likely N-dealkylation sites (tertiary alicyclic amines) is 1. The van der Waals surface area contributed by atoms with Gasteiger partial charge in [-0.3, -0.25) is 9.88 Å². The molecule has 112 valence electrons. The minimum absolute atomic E-state index is 0.173. The topological polar surface area (TPSA) is 60.6 Å². The van der Waals surface area contributed by atoms with Gasteiger partial charge in [0.15, 0.2) is 11.5 Å². The Morgan fingerprint density at radius 1 is 1.40 bits per heavy atom. The predicted molar refractivity (Wildman–Crippen MR) is 79.0 cm³/mol. The third kappa shape index (κ3) is 3.22. The van der Waals surface area contributed by atoms with Gasteiger partial charge in [0.05, 0.1) is 14.2 Å². The first-order chi connectivity index (χ1) is 9.67. The predicted octanol–water partition coefficient (Wildman–Crippen LogP) is 1.80. The molecule has 2 unspecified atom stereocenters. The van der Waals surface area contributed by atoms with E-state index >= 15 is 0 Å². The number of hydrogen-bond donors (Lipinski definition) is 1. The number of pyridine rings is 1. The van der Waals surface area contributed by atoms with Crippen molar-refractivity contribution in [1.82, 2.24) is 9.88 Å². The van der Waals surface area contributed by atoms with Crippen molar-refractivity contribution in [3.63, 3.8) is 0 Å². The van der Waals surface area contributed by atoms with Crippen LogP contribution in [-0.2, 0) is 6.54 Å². The second-order valence-electron chi connectivity index (χ2n) is 5.39. The Morgan fingerprint density at radius 2 is 2.20 bits per heavy atom. The fraction of sp³-hybridized carbons (Fsp3) is 0.667. The molecule has 5 nitrogen and oxygen atoms in total. The van der Waals surface area contributed by atoms with Gasteiger partial charge in [-0.1, -0.05) is 6.42 Å². The Morgan fingerprint density at radius 3 is 2.85 bits per heavy atom. The molecule has 0 bridgehead atoms. The molecule has 2 atom stereocenters. The molecule has 1 aliphatic heterocycles. The van der Waals surface area contributed by atoms with Crippen LogP contribution < -0.4 is 15.2 Å². The SMILES string of the molecule is COc1ccnc(CN2CCCCC2C(C)N)c1OC. The molecule has 5 heteroatoms. The standard InChI is InChI=1S/C15H25N3O2/c1-11(16)13-6-4-5-9-18(13)10-12-15(20-3)14(19-2)7-8-17-12/h7-8,11,13H,4-6,9-10,16H2,1-3H3. The van der Waals surface area contributed by atoms with Crippen molar-refractivity contribution < 1.29 is 9.47 Å². The second kappa shape index (κ2) is 6.90. The zero-order chi connectivity index (χ0) is 14.5. The lowest BCUT2D eigenvalue weighted by Crippen LogP contribution is -2.48. The van der Waals surface area contributed by atoms with Crippen LogP contribution in [0.5, 0.6) is 11.5 Å². The van der Waals surface area contributed by atoms with Crippen LogP contribution >= 0.6 is 0 Å². The van der Waals surface area contributed by atoms with Crippen molar-refractivity contribution in [2.24, 2.45) is 5.73 Å². The first kappa shape index (κ1) is 15.1. The van der Waals surface area contributed by atoms with Crippen LogP contribution in [0, 0.1) is 0 Å². The molecule has 0 saturated carbocycles. The summed E-state index contributed by atoms with van der Waals surface area (Å²) in [7, 11) is 3.30. The number of nitrogens with two attached hydrogens (primary N) is 1. The molecule has 2 N–H and O–H groups in total. The maximum absolute atomic E-state index is 6.12. The summed E-state index contributed by atoms with van der Waals surface area (Å²) in [4.78, 5) is 6.87. The van der Waals surface area contributed by atoms with Crippen LogP contribution in [0.1, 0.15) is 31.9 Å². The number of rotatable bonds is 5.